The number of carbonyl (C=O) groups is 1. The van der Waals surface area contributed by atoms with E-state index in [1.807, 2.05) is 19.1 Å². The highest BCUT2D eigenvalue weighted by atomic mass is 32.2. The molecule has 0 atom stereocenters. The lowest BCUT2D eigenvalue weighted by atomic mass is 10.1. The van der Waals surface area contributed by atoms with E-state index in [1.54, 1.807) is 18.3 Å². The Morgan fingerprint density at radius 2 is 2.17 bits per heavy atom. The second-order valence-electron chi connectivity index (χ2n) is 6.95. The van der Waals surface area contributed by atoms with Gasteiger partial charge in [-0.15, -0.1) is 0 Å². The van der Waals surface area contributed by atoms with E-state index in [0.29, 0.717) is 21.5 Å². The van der Waals surface area contributed by atoms with Crippen molar-refractivity contribution in [3.63, 3.8) is 0 Å². The van der Waals surface area contributed by atoms with Crippen molar-refractivity contribution in [1.29, 1.82) is 0 Å². The molecule has 1 aromatic carbocycles. The number of hydrogen-bond donors (Lipinski definition) is 1. The first kappa shape index (κ1) is 20.6. The second-order valence-corrected chi connectivity index (χ2v) is 8.95. The number of anilines is 1. The minimum atomic E-state index is -0.216. The summed E-state index contributed by atoms with van der Waals surface area (Å²) in [5.41, 5.74) is 3.54. The van der Waals surface area contributed by atoms with E-state index in [1.165, 1.54) is 41.5 Å². The number of unbranched alkanes of at least 4 members (excludes halogenated alkanes) is 1. The number of nitrogens with one attached hydrogen (secondary N) is 1. The Morgan fingerprint density at radius 1 is 1.27 bits per heavy atom. The maximum atomic E-state index is 12.9. The van der Waals surface area contributed by atoms with Gasteiger partial charge >= 0.3 is 0 Å². The van der Waals surface area contributed by atoms with E-state index in [-0.39, 0.29) is 5.91 Å². The van der Waals surface area contributed by atoms with Gasteiger partial charge in [-0.05, 0) is 49.6 Å². The van der Waals surface area contributed by atoms with Crippen molar-refractivity contribution in [3.8, 4) is 0 Å². The van der Waals surface area contributed by atoms with Gasteiger partial charge in [0.05, 0.1) is 21.5 Å². The first-order valence-corrected chi connectivity index (χ1v) is 11.6. The Hall–Kier alpha value is -2.71. The molecule has 1 N–H and O–H groups in total. The number of rotatable bonds is 8. The van der Waals surface area contributed by atoms with Crippen molar-refractivity contribution in [3.05, 3.63) is 65.2 Å². The Morgan fingerprint density at radius 3 is 2.97 bits per heavy atom. The molecule has 0 unspecified atom stereocenters. The molecule has 0 fully saturated rings. The van der Waals surface area contributed by atoms with Crippen molar-refractivity contribution in [1.82, 2.24) is 15.1 Å². The number of aryl methyl sites for hydroxylation is 2. The van der Waals surface area contributed by atoms with Crippen LogP contribution < -0.4 is 5.32 Å². The summed E-state index contributed by atoms with van der Waals surface area (Å²) in [4.78, 5) is 21.8. The molecule has 0 saturated heterocycles. The Bertz CT molecular complexity index is 1170. The Labute approximate surface area is 183 Å². The number of thiazole rings is 1. The largest absolute Gasteiger partial charge is 0.361 e. The zero-order valence-electron chi connectivity index (χ0n) is 16.8. The topological polar surface area (TPSA) is 80.9 Å². The fourth-order valence-electron chi connectivity index (χ4n) is 3.03. The third-order valence-corrected chi connectivity index (χ3v) is 6.51. The van der Waals surface area contributed by atoms with Gasteiger partial charge in [-0.2, -0.15) is 0 Å². The quantitative estimate of drug-likeness (QED) is 0.346. The molecule has 3 aromatic heterocycles. The highest BCUT2D eigenvalue weighted by Crippen LogP contribution is 2.29. The van der Waals surface area contributed by atoms with Crippen LogP contribution in [0, 0.1) is 6.92 Å². The average Bonchev–Trinajstić information content (AvgIpc) is 3.35. The summed E-state index contributed by atoms with van der Waals surface area (Å²) in [6.07, 6.45) is 5.09. The monoisotopic (exact) mass is 438 g/mol. The zero-order chi connectivity index (χ0) is 20.9. The number of pyridine rings is 1. The fourth-order valence-corrected chi connectivity index (χ4v) is 4.83. The number of hydrogen-bond acceptors (Lipinski definition) is 7. The number of benzene rings is 1. The van der Waals surface area contributed by atoms with Crippen LogP contribution in [0.3, 0.4) is 0 Å². The van der Waals surface area contributed by atoms with Crippen LogP contribution in [0.15, 0.2) is 52.1 Å². The van der Waals surface area contributed by atoms with Gasteiger partial charge in [0.2, 0.25) is 0 Å². The molecule has 0 saturated carbocycles. The molecule has 4 rings (SSSR count). The minimum Gasteiger partial charge on any atom is -0.361 e. The summed E-state index contributed by atoms with van der Waals surface area (Å²) < 4.78 is 6.18. The van der Waals surface area contributed by atoms with Crippen LogP contribution in [0.25, 0.3) is 10.2 Å². The molecule has 0 aliphatic rings. The molecule has 30 heavy (non-hydrogen) atoms. The number of amides is 1. The van der Waals surface area contributed by atoms with E-state index < -0.39 is 0 Å². The highest BCUT2D eigenvalue weighted by molar-refractivity contribution is 7.98. The van der Waals surface area contributed by atoms with Gasteiger partial charge in [0.15, 0.2) is 5.13 Å². The lowest BCUT2D eigenvalue weighted by molar-refractivity contribution is 0.102. The van der Waals surface area contributed by atoms with Gasteiger partial charge in [0, 0.05) is 18.0 Å². The maximum absolute atomic E-state index is 12.9. The summed E-state index contributed by atoms with van der Waals surface area (Å²) in [5, 5.41) is 8.17. The molecule has 0 spiro atoms. The Balaban J connectivity index is 1.48. The normalized spacial score (nSPS) is 11.1. The minimum absolute atomic E-state index is 0.216. The number of fused-ring (bicyclic) bond motifs is 1. The van der Waals surface area contributed by atoms with Crippen molar-refractivity contribution in [2.75, 3.05) is 5.32 Å². The molecule has 1 amide bonds. The Kier molecular flexibility index (Phi) is 6.44. The summed E-state index contributed by atoms with van der Waals surface area (Å²) in [6, 6.07) is 11.7. The first-order chi connectivity index (χ1) is 14.6. The third-order valence-electron chi connectivity index (χ3n) is 4.54. The lowest BCUT2D eigenvalue weighted by Crippen LogP contribution is -2.13. The van der Waals surface area contributed by atoms with Gasteiger partial charge in [-0.25, -0.2) is 9.97 Å². The standard InChI is InChI=1S/C22H22N4O2S2/c1-3-4-6-15-8-9-18-19(12-15)30-22(24-18)25-20(27)17-7-5-10-23-21(17)29-13-16-11-14(2)28-26-16/h5,7-12H,3-4,6,13H2,1-2H3,(H,24,25,27). The van der Waals surface area contributed by atoms with Crippen LogP contribution in [-0.2, 0) is 12.2 Å². The van der Waals surface area contributed by atoms with Gasteiger partial charge in [-0.1, -0.05) is 47.7 Å². The van der Waals surface area contributed by atoms with E-state index >= 15 is 0 Å². The van der Waals surface area contributed by atoms with Crippen LogP contribution in [0.4, 0.5) is 5.13 Å². The molecule has 4 aromatic rings. The van der Waals surface area contributed by atoms with Crippen LogP contribution >= 0.6 is 23.1 Å². The molecule has 0 aliphatic carbocycles. The first-order valence-electron chi connectivity index (χ1n) is 9.83. The van der Waals surface area contributed by atoms with Crippen LogP contribution in [0.2, 0.25) is 0 Å². The molecular formula is C22H22N4O2S2. The van der Waals surface area contributed by atoms with Gasteiger partial charge < -0.3 is 4.52 Å². The van der Waals surface area contributed by atoms with Gasteiger partial charge in [-0.3, -0.25) is 10.1 Å². The van der Waals surface area contributed by atoms with Crippen molar-refractivity contribution < 1.29 is 9.32 Å². The van der Waals surface area contributed by atoms with E-state index in [4.69, 9.17) is 4.52 Å². The van der Waals surface area contributed by atoms with Crippen LogP contribution in [-0.4, -0.2) is 21.0 Å². The van der Waals surface area contributed by atoms with E-state index in [2.05, 4.69) is 39.5 Å². The van der Waals surface area contributed by atoms with Crippen LogP contribution in [0.5, 0.6) is 0 Å². The molecule has 0 aliphatic heterocycles. The smallest absolute Gasteiger partial charge is 0.260 e. The SMILES string of the molecule is CCCCc1ccc2nc(NC(=O)c3cccnc3SCc3cc(C)on3)sc2c1. The maximum Gasteiger partial charge on any atom is 0.260 e. The summed E-state index contributed by atoms with van der Waals surface area (Å²) >= 11 is 2.95. The summed E-state index contributed by atoms with van der Waals surface area (Å²) in [7, 11) is 0. The fraction of sp³-hybridized carbons (Fsp3) is 0.273. The van der Waals surface area contributed by atoms with Crippen molar-refractivity contribution >= 4 is 44.4 Å². The lowest BCUT2D eigenvalue weighted by Gasteiger charge is -2.06. The molecule has 0 bridgehead atoms. The molecule has 0 radical (unpaired) electrons. The predicted molar refractivity (Wildman–Crippen MR) is 121 cm³/mol. The highest BCUT2D eigenvalue weighted by Gasteiger charge is 2.16. The van der Waals surface area contributed by atoms with Crippen molar-refractivity contribution in [2.45, 2.75) is 43.9 Å². The molecule has 8 heteroatoms. The summed E-state index contributed by atoms with van der Waals surface area (Å²) in [5.74, 6) is 1.13. The number of aromatic nitrogens is 3. The molecular weight excluding hydrogens is 416 g/mol. The molecule has 3 heterocycles. The van der Waals surface area contributed by atoms with E-state index in [9.17, 15) is 4.79 Å². The van der Waals surface area contributed by atoms with E-state index in [0.717, 1.165) is 28.1 Å². The number of nitrogens with zero attached hydrogens (tertiary/aromatic N) is 3. The molecule has 6 nitrogen and oxygen atoms in total. The average molecular weight is 439 g/mol. The van der Waals surface area contributed by atoms with Crippen LogP contribution in [0.1, 0.15) is 47.1 Å². The third kappa shape index (κ3) is 4.88. The molecule has 154 valence electrons. The number of thioether (sulfide) groups is 1. The second kappa shape index (κ2) is 9.40. The van der Waals surface area contributed by atoms with Gasteiger partial charge in [0.25, 0.3) is 5.91 Å². The summed E-state index contributed by atoms with van der Waals surface area (Å²) in [6.45, 7) is 4.04. The number of carbonyl (C=O) groups excluding carboxylic acids is 1. The predicted octanol–water partition coefficient (Wildman–Crippen LogP) is 5.87. The van der Waals surface area contributed by atoms with Gasteiger partial charge in [0.1, 0.15) is 10.8 Å². The van der Waals surface area contributed by atoms with Crippen molar-refractivity contribution in [2.24, 2.45) is 0 Å². The zero-order valence-corrected chi connectivity index (χ0v) is 18.5.